The minimum absolute atomic E-state index is 0.0274. The molecule has 2 aromatic carbocycles. The van der Waals surface area contributed by atoms with Crippen molar-refractivity contribution in [2.45, 2.75) is 94.0 Å². The van der Waals surface area contributed by atoms with Crippen LogP contribution in [0.4, 0.5) is 5.69 Å². The van der Waals surface area contributed by atoms with E-state index in [0.717, 1.165) is 47.2 Å². The van der Waals surface area contributed by atoms with Crippen molar-refractivity contribution in [1.29, 1.82) is 5.26 Å². The van der Waals surface area contributed by atoms with Crippen LogP contribution in [0.25, 0.3) is 10.9 Å². The second-order valence-corrected chi connectivity index (χ2v) is 17.6. The second kappa shape index (κ2) is 13.6. The first-order chi connectivity index (χ1) is 28.3. The summed E-state index contributed by atoms with van der Waals surface area (Å²) in [4.78, 5) is 53.0. The smallest absolute Gasteiger partial charge is 0.344 e. The van der Waals surface area contributed by atoms with Crippen molar-refractivity contribution < 1.29 is 38.4 Å². The highest BCUT2D eigenvalue weighted by molar-refractivity contribution is 5.95. The van der Waals surface area contributed by atoms with Gasteiger partial charge in [-0.3, -0.25) is 14.5 Å². The third kappa shape index (κ3) is 4.99. The Morgan fingerprint density at radius 2 is 1.81 bits per heavy atom. The molecule has 1 aromatic heterocycles. The van der Waals surface area contributed by atoms with Crippen LogP contribution >= 0.6 is 0 Å². The van der Waals surface area contributed by atoms with Crippen LogP contribution in [0.15, 0.2) is 54.3 Å². The Morgan fingerprint density at radius 3 is 2.49 bits per heavy atom. The molecule has 5 aliphatic heterocycles. The monoisotopic (exact) mass is 803 g/mol. The molecule has 0 amide bonds. The summed E-state index contributed by atoms with van der Waals surface area (Å²) in [5, 5.41) is 24.2. The minimum atomic E-state index is -2.29. The zero-order valence-electron chi connectivity index (χ0n) is 34.9. The van der Waals surface area contributed by atoms with Crippen LogP contribution in [0, 0.1) is 22.7 Å². The van der Waals surface area contributed by atoms with Crippen LogP contribution in [-0.2, 0) is 46.0 Å². The number of methoxy groups -OCH3 is 3. The maximum absolute atomic E-state index is 15.2. The van der Waals surface area contributed by atoms with Crippen molar-refractivity contribution in [2.24, 2.45) is 11.3 Å². The van der Waals surface area contributed by atoms with Gasteiger partial charge in [0, 0.05) is 90.9 Å². The molecule has 13 nitrogen and oxygen atoms in total. The lowest BCUT2D eigenvalue weighted by atomic mass is 9.47. The zero-order valence-corrected chi connectivity index (χ0v) is 34.9. The number of carbonyl (C=O) groups excluding carboxylic acids is 3. The topological polar surface area (TPSA) is 158 Å². The molecule has 0 radical (unpaired) electrons. The molecule has 2 N–H and O–H groups in total. The number of hydrogen-bond acceptors (Lipinski definition) is 12. The summed E-state index contributed by atoms with van der Waals surface area (Å²) in [5.41, 5.74) is 0.946. The Labute approximate surface area is 344 Å². The fraction of sp³-hybridized carbons (Fsp3) is 0.522. The van der Waals surface area contributed by atoms with Gasteiger partial charge in [0.15, 0.2) is 6.10 Å². The lowest BCUT2D eigenvalue weighted by Gasteiger charge is -2.64. The van der Waals surface area contributed by atoms with E-state index in [4.69, 9.17) is 18.9 Å². The molecule has 3 aromatic rings. The quantitative estimate of drug-likeness (QED) is 0.188. The summed E-state index contributed by atoms with van der Waals surface area (Å²) in [5.74, 6) is -1.49. The summed E-state index contributed by atoms with van der Waals surface area (Å²) in [6, 6.07) is 10.7. The third-order valence-corrected chi connectivity index (χ3v) is 15.1. The van der Waals surface area contributed by atoms with Crippen molar-refractivity contribution in [3.05, 3.63) is 82.2 Å². The van der Waals surface area contributed by atoms with Gasteiger partial charge in [-0.25, -0.2) is 4.79 Å². The Morgan fingerprint density at radius 1 is 1.03 bits per heavy atom. The van der Waals surface area contributed by atoms with E-state index in [1.165, 1.54) is 26.7 Å². The minimum Gasteiger partial charge on any atom is -0.496 e. The highest BCUT2D eigenvalue weighted by Crippen LogP contribution is 2.69. The van der Waals surface area contributed by atoms with Crippen molar-refractivity contribution in [3.8, 4) is 11.8 Å². The molecule has 6 heterocycles. The molecule has 1 saturated heterocycles. The number of rotatable bonds is 7. The number of benzene rings is 2. The summed E-state index contributed by atoms with van der Waals surface area (Å²) in [6.45, 7) is 8.19. The molecule has 1 saturated carbocycles. The van der Waals surface area contributed by atoms with Gasteiger partial charge in [-0.2, -0.15) is 5.26 Å². The number of H-pyrrole nitrogens is 1. The standard InChI is InChI=1S/C46H53N5O8/c1-8-27-17-29-21-45(41(53)57-6,37-31(25-50(23-27)24-29)30-18-28(22-47)11-12-34(30)48-37)33-19-32-35(20-36(33)56-5)49(4)39-44(32)14-16-51-15-10-13-43(9-2,38(44)51)40(59-26(3)52)46(39,55)42(54)58-7/h10-12,15,17-20,29,38-40,48,55H,8-9,13-14,16,21,23-25H2,1-7H3/t29-,38+,39-,40-,43-,44-,45+,46+/m1/s1. The number of nitriles is 1. The van der Waals surface area contributed by atoms with Gasteiger partial charge in [0.2, 0.25) is 5.60 Å². The third-order valence-electron chi connectivity index (χ3n) is 15.1. The Bertz CT molecular complexity index is 2400. The van der Waals surface area contributed by atoms with Crippen molar-refractivity contribution in [2.75, 3.05) is 52.9 Å². The highest BCUT2D eigenvalue weighted by atomic mass is 16.6. The van der Waals surface area contributed by atoms with Gasteiger partial charge in [0.05, 0.1) is 39.0 Å². The fourth-order valence-corrected chi connectivity index (χ4v) is 13.0. The molecule has 59 heavy (non-hydrogen) atoms. The van der Waals surface area contributed by atoms with E-state index < -0.39 is 51.9 Å². The normalized spacial score (nSPS) is 33.7. The predicted molar refractivity (Wildman–Crippen MR) is 219 cm³/mol. The number of esters is 3. The number of aliphatic hydroxyl groups is 1. The number of ether oxygens (including phenoxy) is 4. The predicted octanol–water partition coefficient (Wildman–Crippen LogP) is 4.97. The second-order valence-electron chi connectivity index (χ2n) is 17.6. The Kier molecular flexibility index (Phi) is 9.03. The molecular weight excluding hydrogens is 751 g/mol. The zero-order chi connectivity index (χ0) is 41.8. The van der Waals surface area contributed by atoms with E-state index in [0.29, 0.717) is 61.3 Å². The molecule has 6 aliphatic rings. The number of carbonyl (C=O) groups is 3. The molecule has 2 fully saturated rings. The first-order valence-electron chi connectivity index (χ1n) is 20.7. The van der Waals surface area contributed by atoms with Gasteiger partial charge >= 0.3 is 17.9 Å². The van der Waals surface area contributed by atoms with Gasteiger partial charge in [0.1, 0.15) is 11.2 Å². The molecular formula is C46H53N5O8. The van der Waals surface area contributed by atoms with Crippen molar-refractivity contribution >= 4 is 34.5 Å². The largest absolute Gasteiger partial charge is 0.496 e. The van der Waals surface area contributed by atoms with Crippen LogP contribution in [0.5, 0.6) is 5.75 Å². The highest BCUT2D eigenvalue weighted by Gasteiger charge is 2.80. The Balaban J connectivity index is 1.38. The number of anilines is 1. The molecule has 1 unspecified atom stereocenters. The van der Waals surface area contributed by atoms with Crippen molar-refractivity contribution in [3.63, 3.8) is 0 Å². The van der Waals surface area contributed by atoms with E-state index in [2.05, 4.69) is 46.1 Å². The summed E-state index contributed by atoms with van der Waals surface area (Å²) >= 11 is 0. The van der Waals surface area contributed by atoms with Crippen molar-refractivity contribution in [1.82, 2.24) is 14.8 Å². The lowest BCUT2D eigenvalue weighted by molar-refractivity contribution is -0.235. The number of likely N-dealkylation sites (N-methyl/N-ethyl adjacent to an activating group) is 1. The molecule has 9 rings (SSSR count). The first kappa shape index (κ1) is 39.2. The van der Waals surface area contributed by atoms with Gasteiger partial charge in [-0.05, 0) is 79.6 Å². The van der Waals surface area contributed by atoms with Gasteiger partial charge in [0.25, 0.3) is 0 Å². The van der Waals surface area contributed by atoms with E-state index in [9.17, 15) is 20.0 Å². The van der Waals surface area contributed by atoms with Crippen LogP contribution < -0.4 is 9.64 Å². The average Bonchev–Trinajstić information content (AvgIpc) is 3.89. The average molecular weight is 804 g/mol. The van der Waals surface area contributed by atoms with Gasteiger partial charge in [-0.15, -0.1) is 0 Å². The van der Waals surface area contributed by atoms with Crippen LogP contribution in [0.2, 0.25) is 0 Å². The number of aromatic amines is 1. The van der Waals surface area contributed by atoms with E-state index >= 15 is 4.79 Å². The summed E-state index contributed by atoms with van der Waals surface area (Å²) < 4.78 is 23.9. The SMILES string of the molecule is CCC1=C[C@H]2CN(C1)Cc1c([nH]c3ccc(C#N)cc13)[C@@](C(=O)OC)(c1cc3c(cc1OC)N(C)[C@H]1[C@@](O)(C(=O)OC)[C@H](OC(C)=O)[C@]4(CC)CC=CN5CC[C@]31[C@@H]54)C2. The molecule has 13 heteroatoms. The first-order valence-corrected chi connectivity index (χ1v) is 20.7. The molecule has 1 spiro atoms. The number of nitrogens with one attached hydrogen (secondary N) is 1. The molecule has 1 aliphatic carbocycles. The van der Waals surface area contributed by atoms with Crippen LogP contribution in [0.3, 0.4) is 0 Å². The number of allylic oxidation sites excluding steroid dienone is 1. The van der Waals surface area contributed by atoms with E-state index in [1.54, 1.807) is 13.2 Å². The summed E-state index contributed by atoms with van der Waals surface area (Å²) in [6.07, 6.45) is 7.99. The number of aromatic nitrogens is 1. The van der Waals surface area contributed by atoms with E-state index in [-0.39, 0.29) is 12.0 Å². The number of fused-ring (bicyclic) bond motifs is 6. The number of nitrogens with zero attached hydrogens (tertiary/aromatic N) is 4. The van der Waals surface area contributed by atoms with Gasteiger partial charge in [-0.1, -0.05) is 31.6 Å². The maximum atomic E-state index is 15.2. The van der Waals surface area contributed by atoms with Crippen LogP contribution in [-0.4, -0.2) is 110 Å². The molecule has 2 bridgehead atoms. The van der Waals surface area contributed by atoms with Gasteiger partial charge < -0.3 is 38.8 Å². The summed E-state index contributed by atoms with van der Waals surface area (Å²) in [7, 11) is 6.13. The van der Waals surface area contributed by atoms with Crippen LogP contribution in [0.1, 0.15) is 80.8 Å². The van der Waals surface area contributed by atoms with E-state index in [1.807, 2.05) is 43.1 Å². The maximum Gasteiger partial charge on any atom is 0.344 e. The molecule has 310 valence electrons. The Hall–Kier alpha value is -5.32. The fourth-order valence-electron chi connectivity index (χ4n) is 13.0. The number of hydrogen-bond donors (Lipinski definition) is 2. The molecule has 9 atom stereocenters. The lowest BCUT2D eigenvalue weighted by Crippen LogP contribution is -2.81.